The minimum absolute atomic E-state index is 0.314. The smallest absolute Gasteiger partial charge is 0.310 e. The number of pyridine rings is 1. The summed E-state index contributed by atoms with van der Waals surface area (Å²) >= 11 is 0. The first-order valence-corrected chi connectivity index (χ1v) is 4.87. The number of nitrogens with one attached hydrogen (secondary N) is 2. The zero-order valence-electron chi connectivity index (χ0n) is 9.14. The van der Waals surface area contributed by atoms with Gasteiger partial charge in [0.15, 0.2) is 0 Å². The number of amides is 1. The van der Waals surface area contributed by atoms with Crippen LogP contribution < -0.4 is 10.6 Å². The first kappa shape index (κ1) is 13.4. The van der Waals surface area contributed by atoms with Gasteiger partial charge in [0.1, 0.15) is 5.82 Å². The van der Waals surface area contributed by atoms with Gasteiger partial charge in [0.05, 0.1) is 13.1 Å². The predicted octanol–water partition coefficient (Wildman–Crippen LogP) is 1.48. The van der Waals surface area contributed by atoms with Gasteiger partial charge in [-0.15, -0.1) is 0 Å². The normalized spacial score (nSPS) is 11.3. The number of aryl methyl sites for hydroxylation is 1. The van der Waals surface area contributed by atoms with E-state index in [2.05, 4.69) is 10.3 Å². The highest BCUT2D eigenvalue weighted by Crippen LogP contribution is 2.11. The van der Waals surface area contributed by atoms with Gasteiger partial charge in [0.2, 0.25) is 5.91 Å². The van der Waals surface area contributed by atoms with Crippen molar-refractivity contribution in [1.82, 2.24) is 10.3 Å². The quantitative estimate of drug-likeness (QED) is 0.847. The fourth-order valence-electron chi connectivity index (χ4n) is 1.05. The largest absolute Gasteiger partial charge is 0.401 e. The van der Waals surface area contributed by atoms with Crippen molar-refractivity contribution >= 4 is 11.7 Å². The molecule has 0 unspecified atom stereocenters. The average Bonchev–Trinajstić information content (AvgIpc) is 2.19. The lowest BCUT2D eigenvalue weighted by Gasteiger charge is -2.08. The molecule has 1 heterocycles. The third-order valence-electron chi connectivity index (χ3n) is 1.79. The van der Waals surface area contributed by atoms with Crippen LogP contribution >= 0.6 is 0 Å². The number of aromatic nitrogens is 1. The van der Waals surface area contributed by atoms with E-state index in [0.29, 0.717) is 5.82 Å². The lowest BCUT2D eigenvalue weighted by Crippen LogP contribution is -2.35. The molecule has 1 aromatic heterocycles. The molecule has 0 aliphatic carbocycles. The van der Waals surface area contributed by atoms with Gasteiger partial charge < -0.3 is 10.6 Å². The van der Waals surface area contributed by atoms with Crippen molar-refractivity contribution < 1.29 is 18.0 Å². The van der Waals surface area contributed by atoms with E-state index < -0.39 is 25.2 Å². The highest BCUT2D eigenvalue weighted by Gasteiger charge is 2.26. The molecule has 0 aliphatic rings. The standard InChI is InChI=1S/C10H12F3N3O/c1-7-2-3-8(15-4-7)16-9(17)5-14-6-10(11,12)13/h2-4,14H,5-6H2,1H3,(H,15,16,17). The van der Waals surface area contributed by atoms with Gasteiger partial charge in [0.25, 0.3) is 0 Å². The predicted molar refractivity (Wildman–Crippen MR) is 56.5 cm³/mol. The molecule has 4 nitrogen and oxygen atoms in total. The molecule has 1 aromatic rings. The maximum Gasteiger partial charge on any atom is 0.401 e. The van der Waals surface area contributed by atoms with Gasteiger partial charge in [-0.3, -0.25) is 4.79 Å². The molecular weight excluding hydrogens is 235 g/mol. The Bertz CT molecular complexity index is 375. The van der Waals surface area contributed by atoms with Crippen molar-refractivity contribution in [2.24, 2.45) is 0 Å². The van der Waals surface area contributed by atoms with Crippen molar-refractivity contribution in [3.63, 3.8) is 0 Å². The molecular formula is C10H12F3N3O. The molecule has 0 aliphatic heterocycles. The number of nitrogens with zero attached hydrogens (tertiary/aromatic N) is 1. The summed E-state index contributed by atoms with van der Waals surface area (Å²) in [4.78, 5) is 15.1. The zero-order valence-corrected chi connectivity index (χ0v) is 9.14. The molecule has 0 fully saturated rings. The fourth-order valence-corrected chi connectivity index (χ4v) is 1.05. The summed E-state index contributed by atoms with van der Waals surface area (Å²) in [5.41, 5.74) is 0.929. The SMILES string of the molecule is Cc1ccc(NC(=O)CNCC(F)(F)F)nc1. The number of alkyl halides is 3. The van der Waals surface area contributed by atoms with Crippen LogP contribution in [-0.4, -0.2) is 30.2 Å². The van der Waals surface area contributed by atoms with Gasteiger partial charge in [-0.05, 0) is 18.6 Å². The molecule has 1 amide bonds. The Balaban J connectivity index is 2.32. The second kappa shape index (κ2) is 5.62. The van der Waals surface area contributed by atoms with E-state index in [-0.39, 0.29) is 0 Å². The zero-order chi connectivity index (χ0) is 12.9. The third kappa shape index (κ3) is 5.86. The topological polar surface area (TPSA) is 54.0 Å². The summed E-state index contributed by atoms with van der Waals surface area (Å²) < 4.78 is 35.3. The highest BCUT2D eigenvalue weighted by atomic mass is 19.4. The molecule has 0 spiro atoms. The van der Waals surface area contributed by atoms with E-state index in [9.17, 15) is 18.0 Å². The molecule has 0 radical (unpaired) electrons. The number of halogens is 3. The molecule has 1 rings (SSSR count). The van der Waals surface area contributed by atoms with E-state index in [4.69, 9.17) is 0 Å². The first-order chi connectivity index (χ1) is 7.87. The van der Waals surface area contributed by atoms with E-state index in [1.54, 1.807) is 18.3 Å². The maximum absolute atomic E-state index is 11.8. The van der Waals surface area contributed by atoms with Crippen LogP contribution in [0.5, 0.6) is 0 Å². The van der Waals surface area contributed by atoms with Crippen LogP contribution in [0.25, 0.3) is 0 Å². The lowest BCUT2D eigenvalue weighted by molar-refractivity contribution is -0.126. The summed E-state index contributed by atoms with van der Waals surface area (Å²) in [6.07, 6.45) is -2.76. The van der Waals surface area contributed by atoms with E-state index in [1.807, 2.05) is 12.2 Å². The van der Waals surface area contributed by atoms with Gasteiger partial charge in [-0.1, -0.05) is 6.07 Å². The van der Waals surface area contributed by atoms with Gasteiger partial charge in [0, 0.05) is 6.20 Å². The molecule has 0 bridgehead atoms. The lowest BCUT2D eigenvalue weighted by atomic mass is 10.3. The Kier molecular flexibility index (Phi) is 4.45. The molecule has 0 atom stereocenters. The number of carbonyl (C=O) groups is 1. The molecule has 0 saturated heterocycles. The molecule has 0 aromatic carbocycles. The van der Waals surface area contributed by atoms with Crippen molar-refractivity contribution in [3.8, 4) is 0 Å². The van der Waals surface area contributed by atoms with Crippen LogP contribution in [0.2, 0.25) is 0 Å². The minimum Gasteiger partial charge on any atom is -0.310 e. The first-order valence-electron chi connectivity index (χ1n) is 4.87. The van der Waals surface area contributed by atoms with Crippen LogP contribution in [0, 0.1) is 6.92 Å². The Labute approximate surface area is 96.2 Å². The maximum atomic E-state index is 11.8. The molecule has 2 N–H and O–H groups in total. The Morgan fingerprint density at radius 2 is 2.12 bits per heavy atom. The average molecular weight is 247 g/mol. The minimum atomic E-state index is -4.32. The number of rotatable bonds is 4. The van der Waals surface area contributed by atoms with Gasteiger partial charge >= 0.3 is 6.18 Å². The Morgan fingerprint density at radius 1 is 1.41 bits per heavy atom. The van der Waals surface area contributed by atoms with E-state index >= 15 is 0 Å². The Morgan fingerprint density at radius 3 is 2.65 bits per heavy atom. The molecule has 7 heteroatoms. The summed E-state index contributed by atoms with van der Waals surface area (Å²) in [6, 6.07) is 3.32. The van der Waals surface area contributed by atoms with Gasteiger partial charge in [-0.2, -0.15) is 13.2 Å². The molecule has 0 saturated carbocycles. The summed E-state index contributed by atoms with van der Waals surface area (Å²) in [6.45, 7) is 0.236. The molecule has 94 valence electrons. The van der Waals surface area contributed by atoms with Crippen molar-refractivity contribution in [2.45, 2.75) is 13.1 Å². The van der Waals surface area contributed by atoms with Crippen LogP contribution in [0.4, 0.5) is 19.0 Å². The second-order valence-electron chi connectivity index (χ2n) is 3.49. The fraction of sp³-hybridized carbons (Fsp3) is 0.400. The highest BCUT2D eigenvalue weighted by molar-refractivity contribution is 5.91. The van der Waals surface area contributed by atoms with Gasteiger partial charge in [-0.25, -0.2) is 4.98 Å². The summed E-state index contributed by atoms with van der Waals surface area (Å²) in [5.74, 6) is -0.250. The van der Waals surface area contributed by atoms with Crippen molar-refractivity contribution in [3.05, 3.63) is 23.9 Å². The Hall–Kier alpha value is -1.63. The summed E-state index contributed by atoms with van der Waals surface area (Å²) in [5, 5.41) is 4.37. The van der Waals surface area contributed by atoms with Crippen molar-refractivity contribution in [1.29, 1.82) is 0 Å². The third-order valence-corrected chi connectivity index (χ3v) is 1.79. The number of anilines is 1. The van der Waals surface area contributed by atoms with Crippen LogP contribution in [0.15, 0.2) is 18.3 Å². The van der Waals surface area contributed by atoms with E-state index in [0.717, 1.165) is 5.56 Å². The number of hydrogen-bond donors (Lipinski definition) is 2. The van der Waals surface area contributed by atoms with Crippen LogP contribution in [0.1, 0.15) is 5.56 Å². The second-order valence-corrected chi connectivity index (χ2v) is 3.49. The molecule has 17 heavy (non-hydrogen) atoms. The van der Waals surface area contributed by atoms with Crippen molar-refractivity contribution in [2.75, 3.05) is 18.4 Å². The number of carbonyl (C=O) groups excluding carboxylic acids is 1. The van der Waals surface area contributed by atoms with Crippen LogP contribution in [0.3, 0.4) is 0 Å². The number of hydrogen-bond acceptors (Lipinski definition) is 3. The monoisotopic (exact) mass is 247 g/mol. The van der Waals surface area contributed by atoms with E-state index in [1.165, 1.54) is 0 Å². The summed E-state index contributed by atoms with van der Waals surface area (Å²) in [7, 11) is 0. The van der Waals surface area contributed by atoms with Crippen LogP contribution in [-0.2, 0) is 4.79 Å².